The van der Waals surface area contributed by atoms with E-state index in [1.165, 1.54) is 12.1 Å². The predicted molar refractivity (Wildman–Crippen MR) is 84.1 cm³/mol. The Morgan fingerprint density at radius 1 is 1.00 bits per heavy atom. The highest BCUT2D eigenvalue weighted by atomic mass is 16.3. The van der Waals surface area contributed by atoms with Crippen LogP contribution in [0.4, 0.5) is 0 Å². The minimum absolute atomic E-state index is 0.442. The molecule has 0 unspecified atom stereocenters. The third-order valence-corrected chi connectivity index (χ3v) is 4.18. The van der Waals surface area contributed by atoms with Crippen LogP contribution in [0.15, 0.2) is 12.1 Å². The lowest BCUT2D eigenvalue weighted by atomic mass is 10.0. The van der Waals surface area contributed by atoms with Gasteiger partial charge < -0.3 is 10.0 Å². The monoisotopic (exact) mass is 276 g/mol. The van der Waals surface area contributed by atoms with Crippen LogP contribution in [0.5, 0.6) is 5.75 Å². The fourth-order valence-corrected chi connectivity index (χ4v) is 2.87. The summed E-state index contributed by atoms with van der Waals surface area (Å²) in [6.07, 6.45) is 0. The molecule has 1 aromatic carbocycles. The number of hydrogen-bond donors (Lipinski definition) is 1. The highest BCUT2D eigenvalue weighted by Crippen LogP contribution is 2.23. The second-order valence-electron chi connectivity index (χ2n) is 6.54. The number of hydrogen-bond acceptors (Lipinski definition) is 3. The van der Waals surface area contributed by atoms with E-state index in [0.29, 0.717) is 5.75 Å². The summed E-state index contributed by atoms with van der Waals surface area (Å²) in [7, 11) is 0. The van der Waals surface area contributed by atoms with Crippen molar-refractivity contribution in [2.75, 3.05) is 32.7 Å². The van der Waals surface area contributed by atoms with Gasteiger partial charge in [-0.1, -0.05) is 19.9 Å². The van der Waals surface area contributed by atoms with Gasteiger partial charge >= 0.3 is 0 Å². The summed E-state index contributed by atoms with van der Waals surface area (Å²) < 4.78 is 0. The van der Waals surface area contributed by atoms with Crippen molar-refractivity contribution in [3.05, 3.63) is 28.8 Å². The van der Waals surface area contributed by atoms with Crippen molar-refractivity contribution in [2.45, 2.75) is 34.2 Å². The van der Waals surface area contributed by atoms with Gasteiger partial charge in [0.15, 0.2) is 0 Å². The smallest absolute Gasteiger partial charge is 0.120 e. The van der Waals surface area contributed by atoms with Gasteiger partial charge in [0, 0.05) is 44.8 Å². The van der Waals surface area contributed by atoms with E-state index in [2.05, 4.69) is 36.6 Å². The van der Waals surface area contributed by atoms with Gasteiger partial charge in [-0.05, 0) is 37.0 Å². The van der Waals surface area contributed by atoms with Crippen LogP contribution in [0.3, 0.4) is 0 Å². The number of benzene rings is 1. The molecule has 1 N–H and O–H groups in total. The van der Waals surface area contributed by atoms with Crippen LogP contribution in [0, 0.1) is 19.8 Å². The molecule has 0 bridgehead atoms. The number of piperazine rings is 1. The molecular formula is C17H28N2O. The molecule has 3 heteroatoms. The normalized spacial score (nSPS) is 17.9. The minimum atomic E-state index is 0.442. The molecule has 3 nitrogen and oxygen atoms in total. The van der Waals surface area contributed by atoms with E-state index in [-0.39, 0.29) is 0 Å². The number of phenols is 1. The van der Waals surface area contributed by atoms with Crippen LogP contribution in [-0.4, -0.2) is 47.6 Å². The SMILES string of the molecule is Cc1cc(O)c(CN2CCN(CC(C)C)CC2)cc1C. The molecule has 1 saturated heterocycles. The third-order valence-electron chi connectivity index (χ3n) is 4.18. The van der Waals surface area contributed by atoms with Gasteiger partial charge in [-0.15, -0.1) is 0 Å². The summed E-state index contributed by atoms with van der Waals surface area (Å²) in [5, 5.41) is 10.1. The van der Waals surface area contributed by atoms with Crippen LogP contribution >= 0.6 is 0 Å². The first-order chi connectivity index (χ1) is 9.45. The van der Waals surface area contributed by atoms with E-state index in [0.717, 1.165) is 49.8 Å². The van der Waals surface area contributed by atoms with Gasteiger partial charge in [0.1, 0.15) is 5.75 Å². The van der Waals surface area contributed by atoms with E-state index >= 15 is 0 Å². The van der Waals surface area contributed by atoms with Crippen molar-refractivity contribution >= 4 is 0 Å². The van der Waals surface area contributed by atoms with Crippen molar-refractivity contribution in [3.63, 3.8) is 0 Å². The Bertz CT molecular complexity index is 449. The number of aromatic hydroxyl groups is 1. The molecule has 2 rings (SSSR count). The average molecular weight is 276 g/mol. The molecule has 1 fully saturated rings. The Labute approximate surface area is 123 Å². The maximum Gasteiger partial charge on any atom is 0.120 e. The Balaban J connectivity index is 1.91. The predicted octanol–water partition coefficient (Wildman–Crippen LogP) is 2.78. The van der Waals surface area contributed by atoms with Crippen molar-refractivity contribution < 1.29 is 5.11 Å². The summed E-state index contributed by atoms with van der Waals surface area (Å²) in [4.78, 5) is 4.99. The number of phenolic OH excluding ortho intramolecular Hbond substituents is 1. The molecule has 20 heavy (non-hydrogen) atoms. The largest absolute Gasteiger partial charge is 0.508 e. The molecule has 0 spiro atoms. The highest BCUT2D eigenvalue weighted by molar-refractivity contribution is 5.40. The Hall–Kier alpha value is -1.06. The highest BCUT2D eigenvalue weighted by Gasteiger charge is 2.18. The van der Waals surface area contributed by atoms with Gasteiger partial charge in [-0.3, -0.25) is 4.90 Å². The van der Waals surface area contributed by atoms with Crippen LogP contribution in [0.25, 0.3) is 0 Å². The molecular weight excluding hydrogens is 248 g/mol. The minimum Gasteiger partial charge on any atom is -0.508 e. The van der Waals surface area contributed by atoms with Gasteiger partial charge in [0.25, 0.3) is 0 Å². The Morgan fingerprint density at radius 2 is 1.55 bits per heavy atom. The third kappa shape index (κ3) is 3.97. The topological polar surface area (TPSA) is 26.7 Å². The maximum absolute atomic E-state index is 10.1. The quantitative estimate of drug-likeness (QED) is 0.916. The second kappa shape index (κ2) is 6.59. The lowest BCUT2D eigenvalue weighted by Gasteiger charge is -2.35. The van der Waals surface area contributed by atoms with Crippen LogP contribution in [0.1, 0.15) is 30.5 Å². The van der Waals surface area contributed by atoms with E-state index in [1.807, 2.05) is 13.0 Å². The van der Waals surface area contributed by atoms with Crippen molar-refractivity contribution in [1.29, 1.82) is 0 Å². The number of aryl methyl sites for hydroxylation is 2. The fourth-order valence-electron chi connectivity index (χ4n) is 2.87. The van der Waals surface area contributed by atoms with Gasteiger partial charge in [0.05, 0.1) is 0 Å². The molecule has 0 aliphatic carbocycles. The first-order valence-electron chi connectivity index (χ1n) is 7.69. The number of nitrogens with zero attached hydrogens (tertiary/aromatic N) is 2. The molecule has 1 aliphatic rings. The molecule has 1 aromatic rings. The maximum atomic E-state index is 10.1. The Morgan fingerprint density at radius 3 is 2.15 bits per heavy atom. The van der Waals surface area contributed by atoms with Crippen LogP contribution in [-0.2, 0) is 6.54 Å². The molecule has 0 saturated carbocycles. The van der Waals surface area contributed by atoms with Gasteiger partial charge in [-0.25, -0.2) is 0 Å². The van der Waals surface area contributed by atoms with E-state index < -0.39 is 0 Å². The van der Waals surface area contributed by atoms with Crippen molar-refractivity contribution in [1.82, 2.24) is 9.80 Å². The summed E-state index contributed by atoms with van der Waals surface area (Å²) in [6, 6.07) is 4.02. The standard InChI is InChI=1S/C17H28N2O/c1-13(2)11-18-5-7-19(8-6-18)12-16-9-14(3)15(4)10-17(16)20/h9-10,13,20H,5-8,11-12H2,1-4H3. The van der Waals surface area contributed by atoms with Crippen molar-refractivity contribution in [2.24, 2.45) is 5.92 Å². The lowest BCUT2D eigenvalue weighted by molar-refractivity contribution is 0.117. The van der Waals surface area contributed by atoms with Gasteiger partial charge in [-0.2, -0.15) is 0 Å². The summed E-state index contributed by atoms with van der Waals surface area (Å²) >= 11 is 0. The molecule has 112 valence electrons. The fraction of sp³-hybridized carbons (Fsp3) is 0.647. The summed E-state index contributed by atoms with van der Waals surface area (Å²) in [5.41, 5.74) is 3.48. The summed E-state index contributed by atoms with van der Waals surface area (Å²) in [5.74, 6) is 1.18. The number of rotatable bonds is 4. The molecule has 1 heterocycles. The van der Waals surface area contributed by atoms with E-state index in [1.54, 1.807) is 0 Å². The summed E-state index contributed by atoms with van der Waals surface area (Å²) in [6.45, 7) is 15.2. The van der Waals surface area contributed by atoms with E-state index in [4.69, 9.17) is 0 Å². The molecule has 0 atom stereocenters. The Kier molecular flexibility index (Phi) is 5.06. The second-order valence-corrected chi connectivity index (χ2v) is 6.54. The average Bonchev–Trinajstić information content (AvgIpc) is 2.37. The first-order valence-corrected chi connectivity index (χ1v) is 7.69. The lowest BCUT2D eigenvalue weighted by Crippen LogP contribution is -2.46. The zero-order valence-corrected chi connectivity index (χ0v) is 13.3. The van der Waals surface area contributed by atoms with E-state index in [9.17, 15) is 5.11 Å². The van der Waals surface area contributed by atoms with Gasteiger partial charge in [0.2, 0.25) is 0 Å². The van der Waals surface area contributed by atoms with Crippen LogP contribution < -0.4 is 0 Å². The molecule has 0 radical (unpaired) electrons. The van der Waals surface area contributed by atoms with Crippen LogP contribution in [0.2, 0.25) is 0 Å². The molecule has 0 amide bonds. The molecule has 1 aliphatic heterocycles. The zero-order valence-electron chi connectivity index (χ0n) is 13.3. The molecule has 0 aromatic heterocycles. The first kappa shape index (κ1) is 15.3. The zero-order chi connectivity index (χ0) is 14.7. The van der Waals surface area contributed by atoms with Crippen molar-refractivity contribution in [3.8, 4) is 5.75 Å².